The van der Waals surface area contributed by atoms with Gasteiger partial charge in [-0.25, -0.2) is 0 Å². The summed E-state index contributed by atoms with van der Waals surface area (Å²) in [6.07, 6.45) is 0.0147. The second-order valence-corrected chi connectivity index (χ2v) is 7.72. The molecule has 0 atom stereocenters. The molecule has 0 bridgehead atoms. The molecule has 0 radical (unpaired) electrons. The average molecular weight is 427 g/mol. The molecule has 3 aromatic rings. The van der Waals surface area contributed by atoms with Crippen LogP contribution in [0.3, 0.4) is 0 Å². The molecule has 32 heavy (non-hydrogen) atoms. The minimum absolute atomic E-state index is 0.0000384. The third kappa shape index (κ3) is 3.69. The predicted molar refractivity (Wildman–Crippen MR) is 120 cm³/mol. The van der Waals surface area contributed by atoms with Crippen LogP contribution in [-0.2, 0) is 14.4 Å². The number of carbonyl (C=O) groups is 3. The smallest absolute Gasteiger partial charge is 0.244 e. The summed E-state index contributed by atoms with van der Waals surface area (Å²) in [5.74, 6) is 0.628. The van der Waals surface area contributed by atoms with Gasteiger partial charge in [-0.05, 0) is 24.3 Å². The number of fused-ring (bicyclic) bond motifs is 3. The summed E-state index contributed by atoms with van der Waals surface area (Å²) < 4.78 is 5.96. The Hall–Kier alpha value is -4.13. The van der Waals surface area contributed by atoms with Gasteiger partial charge in [0, 0.05) is 24.0 Å². The Labute approximate surface area is 185 Å². The van der Waals surface area contributed by atoms with Gasteiger partial charge in [0.15, 0.2) is 0 Å². The molecule has 2 N–H and O–H groups in total. The van der Waals surface area contributed by atoms with Gasteiger partial charge in [-0.15, -0.1) is 0 Å². The number of hydrogen-bond donors (Lipinski definition) is 2. The van der Waals surface area contributed by atoms with E-state index in [2.05, 4.69) is 10.6 Å². The number of para-hydroxylation sites is 4. The zero-order valence-corrected chi connectivity index (χ0v) is 17.2. The number of hydrogen-bond acceptors (Lipinski definition) is 4. The highest BCUT2D eigenvalue weighted by atomic mass is 16.5. The zero-order chi connectivity index (χ0) is 22.1. The molecule has 0 aromatic heterocycles. The van der Waals surface area contributed by atoms with Crippen molar-refractivity contribution in [3.8, 4) is 11.5 Å². The Bertz CT molecular complexity index is 1180. The maximum absolute atomic E-state index is 12.8. The number of nitrogens with zero attached hydrogens (tertiary/aromatic N) is 1. The minimum atomic E-state index is -0.361. The fourth-order valence-electron chi connectivity index (χ4n) is 4.11. The van der Waals surface area contributed by atoms with Gasteiger partial charge in [0.2, 0.25) is 17.7 Å². The summed E-state index contributed by atoms with van der Waals surface area (Å²) in [7, 11) is 0. The van der Waals surface area contributed by atoms with Gasteiger partial charge in [-0.3, -0.25) is 14.4 Å². The van der Waals surface area contributed by atoms with Gasteiger partial charge in [0.1, 0.15) is 18.0 Å². The first-order valence-electron chi connectivity index (χ1n) is 10.4. The third-order valence-corrected chi connectivity index (χ3v) is 5.62. The van der Waals surface area contributed by atoms with Crippen LogP contribution >= 0.6 is 0 Å². The van der Waals surface area contributed by atoms with Gasteiger partial charge < -0.3 is 20.3 Å². The van der Waals surface area contributed by atoms with Crippen molar-refractivity contribution < 1.29 is 19.1 Å². The van der Waals surface area contributed by atoms with Crippen molar-refractivity contribution in [2.24, 2.45) is 0 Å². The standard InChI is InChI=1S/C25H21N3O4/c29-22(13-14-24(31)28-15-23(30)26-18-9-3-4-10-19(18)28)27-25-16-7-1-5-11-20(16)32-21-12-6-2-8-17(21)25/h1-12,25H,13-15H2,(H,26,30)(H,27,29). The Morgan fingerprint density at radius 2 is 1.53 bits per heavy atom. The maximum Gasteiger partial charge on any atom is 0.244 e. The largest absolute Gasteiger partial charge is 0.457 e. The molecule has 0 spiro atoms. The lowest BCUT2D eigenvalue weighted by Gasteiger charge is -2.30. The van der Waals surface area contributed by atoms with Gasteiger partial charge in [-0.1, -0.05) is 48.5 Å². The first kappa shape index (κ1) is 19.8. The van der Waals surface area contributed by atoms with E-state index >= 15 is 0 Å². The van der Waals surface area contributed by atoms with Crippen LogP contribution in [0.2, 0.25) is 0 Å². The molecule has 5 rings (SSSR count). The lowest BCUT2D eigenvalue weighted by Crippen LogP contribution is -2.42. The SMILES string of the molecule is O=C1CN(C(=O)CCC(=O)NC2c3ccccc3Oc3ccccc32)c2ccccc2N1. The quantitative estimate of drug-likeness (QED) is 0.664. The molecule has 0 aliphatic carbocycles. The summed E-state index contributed by atoms with van der Waals surface area (Å²) in [4.78, 5) is 39.1. The topological polar surface area (TPSA) is 87.7 Å². The van der Waals surface area contributed by atoms with Crippen LogP contribution in [-0.4, -0.2) is 24.3 Å². The van der Waals surface area contributed by atoms with Crippen LogP contribution in [0.5, 0.6) is 11.5 Å². The van der Waals surface area contributed by atoms with E-state index in [4.69, 9.17) is 4.74 Å². The van der Waals surface area contributed by atoms with Crippen molar-refractivity contribution in [1.29, 1.82) is 0 Å². The zero-order valence-electron chi connectivity index (χ0n) is 17.2. The lowest BCUT2D eigenvalue weighted by atomic mass is 9.94. The molecule has 3 amide bonds. The number of rotatable bonds is 4. The second kappa shape index (κ2) is 8.19. The van der Waals surface area contributed by atoms with E-state index in [0.29, 0.717) is 22.9 Å². The van der Waals surface area contributed by atoms with E-state index in [1.807, 2.05) is 54.6 Å². The second-order valence-electron chi connectivity index (χ2n) is 7.72. The third-order valence-electron chi connectivity index (χ3n) is 5.62. The van der Waals surface area contributed by atoms with E-state index in [9.17, 15) is 14.4 Å². The molecule has 2 aliphatic rings. The average Bonchev–Trinajstić information content (AvgIpc) is 2.81. The normalized spacial score (nSPS) is 14.4. The van der Waals surface area contributed by atoms with Crippen LogP contribution < -0.4 is 20.3 Å². The van der Waals surface area contributed by atoms with E-state index in [-0.39, 0.29) is 43.1 Å². The van der Waals surface area contributed by atoms with Crippen LogP contribution in [0.15, 0.2) is 72.8 Å². The van der Waals surface area contributed by atoms with Crippen molar-refractivity contribution in [2.45, 2.75) is 18.9 Å². The first-order chi connectivity index (χ1) is 15.6. The molecule has 160 valence electrons. The van der Waals surface area contributed by atoms with Crippen LogP contribution in [0.1, 0.15) is 30.0 Å². The van der Waals surface area contributed by atoms with Crippen LogP contribution in [0.4, 0.5) is 11.4 Å². The molecule has 0 unspecified atom stereocenters. The van der Waals surface area contributed by atoms with Gasteiger partial charge >= 0.3 is 0 Å². The molecule has 0 fully saturated rings. The van der Waals surface area contributed by atoms with Crippen molar-refractivity contribution in [3.63, 3.8) is 0 Å². The predicted octanol–water partition coefficient (Wildman–Crippen LogP) is 3.76. The van der Waals surface area contributed by atoms with Crippen molar-refractivity contribution >= 4 is 29.1 Å². The number of amides is 3. The molecule has 0 saturated heterocycles. The summed E-state index contributed by atoms with van der Waals surface area (Å²) >= 11 is 0. The highest BCUT2D eigenvalue weighted by Gasteiger charge is 2.29. The summed E-state index contributed by atoms with van der Waals surface area (Å²) in [6, 6.07) is 21.9. The van der Waals surface area contributed by atoms with Crippen molar-refractivity contribution in [1.82, 2.24) is 5.32 Å². The lowest BCUT2D eigenvalue weighted by molar-refractivity contribution is -0.126. The van der Waals surface area contributed by atoms with Crippen LogP contribution in [0, 0.1) is 0 Å². The van der Waals surface area contributed by atoms with Crippen molar-refractivity contribution in [3.05, 3.63) is 83.9 Å². The summed E-state index contributed by atoms with van der Waals surface area (Å²) in [6.45, 7) is -0.0574. The highest BCUT2D eigenvalue weighted by molar-refractivity contribution is 6.10. The van der Waals surface area contributed by atoms with E-state index in [1.165, 1.54) is 4.90 Å². The Morgan fingerprint density at radius 1 is 0.906 bits per heavy atom. The number of anilines is 2. The maximum atomic E-state index is 12.8. The monoisotopic (exact) mass is 427 g/mol. The number of benzene rings is 3. The molecular weight excluding hydrogens is 406 g/mol. The molecule has 3 aromatic carbocycles. The van der Waals surface area contributed by atoms with E-state index < -0.39 is 0 Å². The number of carbonyl (C=O) groups excluding carboxylic acids is 3. The Morgan fingerprint density at radius 3 is 2.25 bits per heavy atom. The Kier molecular flexibility index (Phi) is 5.07. The first-order valence-corrected chi connectivity index (χ1v) is 10.4. The summed E-state index contributed by atoms with van der Waals surface area (Å²) in [5, 5.41) is 5.81. The van der Waals surface area contributed by atoms with Gasteiger partial charge in [0.05, 0.1) is 17.4 Å². The molecule has 2 heterocycles. The van der Waals surface area contributed by atoms with E-state index in [0.717, 1.165) is 11.1 Å². The molecule has 2 aliphatic heterocycles. The van der Waals surface area contributed by atoms with Crippen LogP contribution in [0.25, 0.3) is 0 Å². The van der Waals surface area contributed by atoms with Gasteiger partial charge in [0.25, 0.3) is 0 Å². The number of nitrogens with one attached hydrogen (secondary N) is 2. The fourth-order valence-corrected chi connectivity index (χ4v) is 4.11. The Balaban J connectivity index is 1.29. The fraction of sp³-hybridized carbons (Fsp3) is 0.160. The molecule has 0 saturated carbocycles. The molecule has 7 heteroatoms. The highest BCUT2D eigenvalue weighted by Crippen LogP contribution is 2.42. The molecule has 7 nitrogen and oxygen atoms in total. The van der Waals surface area contributed by atoms with E-state index in [1.54, 1.807) is 18.2 Å². The number of ether oxygens (including phenoxy) is 1. The summed E-state index contributed by atoms with van der Waals surface area (Å²) in [5.41, 5.74) is 2.97. The minimum Gasteiger partial charge on any atom is -0.457 e. The van der Waals surface area contributed by atoms with Crippen molar-refractivity contribution in [2.75, 3.05) is 16.8 Å². The molecular formula is C25H21N3O4. The van der Waals surface area contributed by atoms with Gasteiger partial charge in [-0.2, -0.15) is 0 Å².